The number of hydrogen-bond donors (Lipinski definition) is 1. The maximum atomic E-state index is 11.7. The average Bonchev–Trinajstić information content (AvgIpc) is 2.29. The van der Waals surface area contributed by atoms with E-state index >= 15 is 0 Å². The highest BCUT2D eigenvalue weighted by molar-refractivity contribution is 5.78. The van der Waals surface area contributed by atoms with E-state index in [0.717, 1.165) is 19.6 Å². The van der Waals surface area contributed by atoms with Crippen LogP contribution in [0.1, 0.15) is 13.8 Å². The Morgan fingerprint density at radius 3 is 2.88 bits per heavy atom. The number of morpholine rings is 1. The van der Waals surface area contributed by atoms with Crippen molar-refractivity contribution in [3.63, 3.8) is 0 Å². The molecular formula is C11H20N2O3. The molecule has 5 heteroatoms. The maximum absolute atomic E-state index is 11.7. The van der Waals surface area contributed by atoms with Crippen LogP contribution in [0, 0.1) is 0 Å². The summed E-state index contributed by atoms with van der Waals surface area (Å²) in [5.41, 5.74) is 0. The normalized spacial score (nSPS) is 32.0. The van der Waals surface area contributed by atoms with Crippen LogP contribution in [0.4, 0.5) is 0 Å². The zero-order valence-electron chi connectivity index (χ0n) is 9.93. The quantitative estimate of drug-likeness (QED) is 0.679. The van der Waals surface area contributed by atoms with Crippen LogP contribution in [0.15, 0.2) is 0 Å². The van der Waals surface area contributed by atoms with Gasteiger partial charge < -0.3 is 14.7 Å². The van der Waals surface area contributed by atoms with E-state index in [1.807, 2.05) is 4.90 Å². The van der Waals surface area contributed by atoms with Gasteiger partial charge in [0.25, 0.3) is 0 Å². The fraction of sp³-hybridized carbons (Fsp3) is 0.909. The molecule has 0 spiro atoms. The SMILES string of the molecule is CC(C)N1CCN2C(=O)CO[C@@H](CO)[C@H]2C1. The summed E-state index contributed by atoms with van der Waals surface area (Å²) in [5, 5.41) is 9.26. The lowest BCUT2D eigenvalue weighted by molar-refractivity contribution is -0.167. The first kappa shape index (κ1) is 11.8. The molecule has 0 unspecified atom stereocenters. The number of nitrogens with zero attached hydrogens (tertiary/aromatic N) is 2. The third-order valence-electron chi connectivity index (χ3n) is 3.53. The topological polar surface area (TPSA) is 53.0 Å². The van der Waals surface area contributed by atoms with E-state index in [1.54, 1.807) is 0 Å². The van der Waals surface area contributed by atoms with E-state index in [2.05, 4.69) is 18.7 Å². The van der Waals surface area contributed by atoms with Crippen LogP contribution in [-0.4, -0.2) is 71.8 Å². The lowest BCUT2D eigenvalue weighted by Gasteiger charge is -2.48. The summed E-state index contributed by atoms with van der Waals surface area (Å²) in [5.74, 6) is 0.0538. The van der Waals surface area contributed by atoms with Crippen molar-refractivity contribution >= 4 is 5.91 Å². The first-order chi connectivity index (χ1) is 7.63. The first-order valence-corrected chi connectivity index (χ1v) is 5.89. The Bertz CT molecular complexity index is 270. The van der Waals surface area contributed by atoms with Crippen LogP contribution in [-0.2, 0) is 9.53 Å². The van der Waals surface area contributed by atoms with Crippen LogP contribution >= 0.6 is 0 Å². The predicted molar refractivity (Wildman–Crippen MR) is 59.0 cm³/mol. The van der Waals surface area contributed by atoms with E-state index in [0.29, 0.717) is 6.04 Å². The van der Waals surface area contributed by atoms with Crippen molar-refractivity contribution in [2.45, 2.75) is 32.0 Å². The Morgan fingerprint density at radius 1 is 1.50 bits per heavy atom. The lowest BCUT2D eigenvalue weighted by Crippen LogP contribution is -2.65. The molecular weight excluding hydrogens is 208 g/mol. The van der Waals surface area contributed by atoms with Crippen LogP contribution in [0.3, 0.4) is 0 Å². The van der Waals surface area contributed by atoms with Gasteiger partial charge in [0.05, 0.1) is 12.6 Å². The molecule has 2 atom stereocenters. The second kappa shape index (κ2) is 4.69. The first-order valence-electron chi connectivity index (χ1n) is 5.89. The number of rotatable bonds is 2. The minimum Gasteiger partial charge on any atom is -0.394 e. The van der Waals surface area contributed by atoms with Crippen molar-refractivity contribution < 1.29 is 14.6 Å². The number of carbonyl (C=O) groups is 1. The number of amides is 1. The standard InChI is InChI=1S/C11H20N2O3/c1-8(2)12-3-4-13-9(5-12)10(6-14)16-7-11(13)15/h8-10,14H,3-7H2,1-2H3/t9-,10+/m1/s1. The van der Waals surface area contributed by atoms with Gasteiger partial charge in [-0.2, -0.15) is 0 Å². The Balaban J connectivity index is 2.08. The minimum atomic E-state index is -0.223. The molecule has 1 amide bonds. The van der Waals surface area contributed by atoms with Gasteiger partial charge in [-0.05, 0) is 13.8 Å². The molecule has 2 fully saturated rings. The van der Waals surface area contributed by atoms with Crippen LogP contribution in [0.5, 0.6) is 0 Å². The van der Waals surface area contributed by atoms with Crippen molar-refractivity contribution in [2.75, 3.05) is 32.8 Å². The largest absolute Gasteiger partial charge is 0.394 e. The van der Waals surface area contributed by atoms with Crippen LogP contribution in [0.25, 0.3) is 0 Å². The van der Waals surface area contributed by atoms with Crippen LogP contribution < -0.4 is 0 Å². The fourth-order valence-electron chi connectivity index (χ4n) is 2.48. The Morgan fingerprint density at radius 2 is 2.25 bits per heavy atom. The van der Waals surface area contributed by atoms with Gasteiger partial charge in [-0.3, -0.25) is 9.69 Å². The highest BCUT2D eigenvalue weighted by Crippen LogP contribution is 2.21. The average molecular weight is 228 g/mol. The maximum Gasteiger partial charge on any atom is 0.249 e. The minimum absolute atomic E-state index is 0.0135. The molecule has 2 rings (SSSR count). The summed E-state index contributed by atoms with van der Waals surface area (Å²) < 4.78 is 5.37. The molecule has 1 N–H and O–H groups in total. The molecule has 0 aromatic carbocycles. The molecule has 0 saturated carbocycles. The van der Waals surface area contributed by atoms with Gasteiger partial charge in [-0.15, -0.1) is 0 Å². The second-order valence-corrected chi connectivity index (χ2v) is 4.78. The Kier molecular flexibility index (Phi) is 3.47. The highest BCUT2D eigenvalue weighted by Gasteiger charge is 2.40. The summed E-state index contributed by atoms with van der Waals surface area (Å²) in [6, 6.07) is 0.487. The zero-order chi connectivity index (χ0) is 11.7. The van der Waals surface area contributed by atoms with Gasteiger partial charge in [-0.25, -0.2) is 0 Å². The van der Waals surface area contributed by atoms with Gasteiger partial charge >= 0.3 is 0 Å². The Labute approximate surface area is 96.0 Å². The van der Waals surface area contributed by atoms with E-state index in [4.69, 9.17) is 4.74 Å². The van der Waals surface area contributed by atoms with Crippen LogP contribution in [0.2, 0.25) is 0 Å². The molecule has 0 bridgehead atoms. The van der Waals surface area contributed by atoms with Crippen molar-refractivity contribution in [3.8, 4) is 0 Å². The number of aliphatic hydroxyl groups is 1. The van der Waals surface area contributed by atoms with Crippen molar-refractivity contribution in [3.05, 3.63) is 0 Å². The van der Waals surface area contributed by atoms with E-state index in [9.17, 15) is 9.90 Å². The predicted octanol–water partition coefficient (Wildman–Crippen LogP) is -0.701. The molecule has 0 radical (unpaired) electrons. The number of piperazine rings is 1. The summed E-state index contributed by atoms with van der Waals surface area (Å²) in [7, 11) is 0. The van der Waals surface area contributed by atoms with Crippen molar-refractivity contribution in [1.29, 1.82) is 0 Å². The molecule has 0 aliphatic carbocycles. The summed E-state index contributed by atoms with van der Waals surface area (Å²) in [4.78, 5) is 15.9. The number of hydrogen-bond acceptors (Lipinski definition) is 4. The molecule has 2 heterocycles. The summed E-state index contributed by atoms with van der Waals surface area (Å²) in [6.45, 7) is 6.86. The molecule has 5 nitrogen and oxygen atoms in total. The van der Waals surface area contributed by atoms with Gasteiger partial charge in [0.15, 0.2) is 0 Å². The van der Waals surface area contributed by atoms with Gasteiger partial charge in [0.1, 0.15) is 12.7 Å². The van der Waals surface area contributed by atoms with Gasteiger partial charge in [0.2, 0.25) is 5.91 Å². The molecule has 0 aromatic rings. The number of aliphatic hydroxyl groups excluding tert-OH is 1. The number of fused-ring (bicyclic) bond motifs is 1. The van der Waals surface area contributed by atoms with Crippen molar-refractivity contribution in [1.82, 2.24) is 9.80 Å². The molecule has 0 aromatic heterocycles. The number of carbonyl (C=O) groups excluding carboxylic acids is 1. The molecule has 2 saturated heterocycles. The van der Waals surface area contributed by atoms with E-state index in [1.165, 1.54) is 0 Å². The van der Waals surface area contributed by atoms with E-state index < -0.39 is 0 Å². The van der Waals surface area contributed by atoms with Crippen molar-refractivity contribution in [2.24, 2.45) is 0 Å². The third-order valence-corrected chi connectivity index (χ3v) is 3.53. The smallest absolute Gasteiger partial charge is 0.249 e. The fourth-order valence-corrected chi connectivity index (χ4v) is 2.48. The van der Waals surface area contributed by atoms with Gasteiger partial charge in [-0.1, -0.05) is 0 Å². The number of ether oxygens (including phenoxy) is 1. The summed E-state index contributed by atoms with van der Waals surface area (Å²) in [6.07, 6.45) is -0.223. The lowest BCUT2D eigenvalue weighted by atomic mass is 10.0. The van der Waals surface area contributed by atoms with E-state index in [-0.39, 0.29) is 31.3 Å². The third kappa shape index (κ3) is 2.07. The highest BCUT2D eigenvalue weighted by atomic mass is 16.5. The summed E-state index contributed by atoms with van der Waals surface area (Å²) >= 11 is 0. The zero-order valence-corrected chi connectivity index (χ0v) is 9.93. The molecule has 2 aliphatic rings. The Hall–Kier alpha value is -0.650. The van der Waals surface area contributed by atoms with Gasteiger partial charge in [0, 0.05) is 25.7 Å². The monoisotopic (exact) mass is 228 g/mol. The molecule has 92 valence electrons. The molecule has 16 heavy (non-hydrogen) atoms. The molecule has 2 aliphatic heterocycles. The second-order valence-electron chi connectivity index (χ2n) is 4.78.